The van der Waals surface area contributed by atoms with Crippen LogP contribution in [-0.4, -0.2) is 4.98 Å². The molecular weight excluding hydrogens is 216 g/mol. The number of aryl methyl sites for hydroxylation is 1. The van der Waals surface area contributed by atoms with Gasteiger partial charge in [-0.25, -0.2) is 4.98 Å². The summed E-state index contributed by atoms with van der Waals surface area (Å²) in [6.07, 6.45) is 2.50. The standard InChI is InChI=1S/C10H7ClN2S/c1-2-7-3-8-9(11)6(4-12)5-13-10(8)14-7/h3,5H,2H2,1H3. The fourth-order valence-electron chi connectivity index (χ4n) is 1.26. The zero-order valence-corrected chi connectivity index (χ0v) is 9.11. The fourth-order valence-corrected chi connectivity index (χ4v) is 2.50. The van der Waals surface area contributed by atoms with Crippen molar-refractivity contribution in [3.05, 3.63) is 27.7 Å². The van der Waals surface area contributed by atoms with Crippen molar-refractivity contribution in [3.63, 3.8) is 0 Å². The molecule has 0 fully saturated rings. The Morgan fingerprint density at radius 1 is 1.64 bits per heavy atom. The molecule has 14 heavy (non-hydrogen) atoms. The highest BCUT2D eigenvalue weighted by Gasteiger charge is 2.09. The second-order valence-electron chi connectivity index (χ2n) is 2.88. The summed E-state index contributed by atoms with van der Waals surface area (Å²) in [6.45, 7) is 2.09. The van der Waals surface area contributed by atoms with Gasteiger partial charge >= 0.3 is 0 Å². The molecule has 70 valence electrons. The van der Waals surface area contributed by atoms with E-state index in [0.29, 0.717) is 10.6 Å². The molecule has 0 aliphatic carbocycles. The Labute approximate surface area is 90.8 Å². The largest absolute Gasteiger partial charge is 0.244 e. The van der Waals surface area contributed by atoms with Gasteiger partial charge in [0.15, 0.2) is 0 Å². The molecule has 2 rings (SSSR count). The van der Waals surface area contributed by atoms with Crippen molar-refractivity contribution < 1.29 is 0 Å². The normalized spacial score (nSPS) is 10.4. The van der Waals surface area contributed by atoms with E-state index in [1.54, 1.807) is 11.3 Å². The van der Waals surface area contributed by atoms with E-state index in [0.717, 1.165) is 16.6 Å². The summed E-state index contributed by atoms with van der Waals surface area (Å²) in [4.78, 5) is 6.34. The van der Waals surface area contributed by atoms with Gasteiger partial charge in [0, 0.05) is 16.5 Å². The van der Waals surface area contributed by atoms with Crippen LogP contribution in [-0.2, 0) is 6.42 Å². The van der Waals surface area contributed by atoms with E-state index in [9.17, 15) is 0 Å². The number of nitriles is 1. The number of aromatic nitrogens is 1. The van der Waals surface area contributed by atoms with Gasteiger partial charge in [-0.05, 0) is 12.5 Å². The number of thiophene rings is 1. The van der Waals surface area contributed by atoms with Crippen molar-refractivity contribution in [2.45, 2.75) is 13.3 Å². The third-order valence-electron chi connectivity index (χ3n) is 2.02. The van der Waals surface area contributed by atoms with E-state index in [2.05, 4.69) is 11.9 Å². The number of rotatable bonds is 1. The summed E-state index contributed by atoms with van der Waals surface area (Å²) in [6, 6.07) is 4.03. The van der Waals surface area contributed by atoms with E-state index in [-0.39, 0.29) is 0 Å². The van der Waals surface area contributed by atoms with Crippen LogP contribution in [0.25, 0.3) is 10.2 Å². The van der Waals surface area contributed by atoms with Gasteiger partial charge in [-0.15, -0.1) is 11.3 Å². The van der Waals surface area contributed by atoms with Crippen molar-refractivity contribution >= 4 is 33.2 Å². The predicted molar refractivity (Wildman–Crippen MR) is 58.7 cm³/mol. The molecule has 0 amide bonds. The molecule has 2 aromatic rings. The van der Waals surface area contributed by atoms with Crippen LogP contribution in [0.3, 0.4) is 0 Å². The highest BCUT2D eigenvalue weighted by atomic mass is 35.5. The Morgan fingerprint density at radius 3 is 3.07 bits per heavy atom. The molecule has 0 unspecified atom stereocenters. The van der Waals surface area contributed by atoms with Crippen LogP contribution >= 0.6 is 22.9 Å². The molecule has 0 saturated carbocycles. The number of pyridine rings is 1. The van der Waals surface area contributed by atoms with Crippen molar-refractivity contribution in [1.82, 2.24) is 4.98 Å². The molecule has 2 heterocycles. The summed E-state index contributed by atoms with van der Waals surface area (Å²) >= 11 is 7.68. The maximum atomic E-state index is 8.77. The van der Waals surface area contributed by atoms with Gasteiger partial charge in [0.05, 0.1) is 10.6 Å². The monoisotopic (exact) mass is 222 g/mol. The highest BCUT2D eigenvalue weighted by molar-refractivity contribution is 7.18. The Morgan fingerprint density at radius 2 is 2.43 bits per heavy atom. The Balaban J connectivity index is 2.76. The second kappa shape index (κ2) is 3.56. The van der Waals surface area contributed by atoms with Crippen molar-refractivity contribution in [3.8, 4) is 6.07 Å². The maximum absolute atomic E-state index is 8.77. The van der Waals surface area contributed by atoms with Crippen LogP contribution in [0.5, 0.6) is 0 Å². The molecule has 0 spiro atoms. The van der Waals surface area contributed by atoms with Gasteiger partial charge in [-0.1, -0.05) is 18.5 Å². The molecule has 0 saturated heterocycles. The second-order valence-corrected chi connectivity index (χ2v) is 4.38. The first-order valence-corrected chi connectivity index (χ1v) is 5.42. The van der Waals surface area contributed by atoms with Gasteiger partial charge in [-0.2, -0.15) is 5.26 Å². The van der Waals surface area contributed by atoms with Crippen molar-refractivity contribution in [1.29, 1.82) is 5.26 Å². The Hall–Kier alpha value is -1.11. The number of hydrogen-bond donors (Lipinski definition) is 0. The minimum Gasteiger partial charge on any atom is -0.244 e. The zero-order valence-electron chi connectivity index (χ0n) is 7.54. The van der Waals surface area contributed by atoms with Crippen LogP contribution < -0.4 is 0 Å². The van der Waals surface area contributed by atoms with E-state index in [1.165, 1.54) is 11.1 Å². The first-order chi connectivity index (χ1) is 6.76. The average Bonchev–Trinajstić information content (AvgIpc) is 2.62. The lowest BCUT2D eigenvalue weighted by Crippen LogP contribution is -1.80. The summed E-state index contributed by atoms with van der Waals surface area (Å²) < 4.78 is 0. The van der Waals surface area contributed by atoms with Crippen LogP contribution in [0.1, 0.15) is 17.4 Å². The van der Waals surface area contributed by atoms with Crippen LogP contribution in [0.15, 0.2) is 12.3 Å². The SMILES string of the molecule is CCc1cc2c(Cl)c(C#N)cnc2s1. The van der Waals surface area contributed by atoms with E-state index in [4.69, 9.17) is 16.9 Å². The zero-order chi connectivity index (χ0) is 10.1. The summed E-state index contributed by atoms with van der Waals surface area (Å²) in [5, 5.41) is 10.2. The number of hydrogen-bond acceptors (Lipinski definition) is 3. The molecule has 0 N–H and O–H groups in total. The van der Waals surface area contributed by atoms with Gasteiger partial charge in [0.25, 0.3) is 0 Å². The van der Waals surface area contributed by atoms with Crippen molar-refractivity contribution in [2.24, 2.45) is 0 Å². The Bertz CT molecular complexity index is 525. The molecule has 2 nitrogen and oxygen atoms in total. The van der Waals surface area contributed by atoms with Crippen LogP contribution in [0, 0.1) is 11.3 Å². The summed E-state index contributed by atoms with van der Waals surface area (Å²) in [5.41, 5.74) is 0.444. The Kier molecular flexibility index (Phi) is 2.40. The van der Waals surface area contributed by atoms with E-state index in [1.807, 2.05) is 12.1 Å². The summed E-state index contributed by atoms with van der Waals surface area (Å²) in [7, 11) is 0. The first-order valence-electron chi connectivity index (χ1n) is 4.23. The lowest BCUT2D eigenvalue weighted by atomic mass is 10.2. The molecule has 0 radical (unpaired) electrons. The third kappa shape index (κ3) is 1.37. The fraction of sp³-hybridized carbons (Fsp3) is 0.200. The lowest BCUT2D eigenvalue weighted by molar-refractivity contribution is 1.19. The lowest BCUT2D eigenvalue weighted by Gasteiger charge is -1.94. The molecule has 0 aliphatic rings. The van der Waals surface area contributed by atoms with Gasteiger partial charge in [0.1, 0.15) is 10.9 Å². The molecule has 0 aliphatic heterocycles. The molecule has 4 heteroatoms. The predicted octanol–water partition coefficient (Wildman–Crippen LogP) is 3.38. The quantitative estimate of drug-likeness (QED) is 0.742. The third-order valence-corrected chi connectivity index (χ3v) is 3.61. The van der Waals surface area contributed by atoms with Gasteiger partial charge in [0.2, 0.25) is 0 Å². The molecule has 0 bridgehead atoms. The van der Waals surface area contributed by atoms with Crippen LogP contribution in [0.4, 0.5) is 0 Å². The van der Waals surface area contributed by atoms with Crippen LogP contribution in [0.2, 0.25) is 5.02 Å². The molecule has 0 atom stereocenters. The molecule has 0 aromatic carbocycles. The number of halogens is 1. The summed E-state index contributed by atoms with van der Waals surface area (Å²) in [5.74, 6) is 0. The van der Waals surface area contributed by atoms with Gasteiger partial charge in [-0.3, -0.25) is 0 Å². The topological polar surface area (TPSA) is 36.7 Å². The average molecular weight is 223 g/mol. The minimum atomic E-state index is 0.444. The van der Waals surface area contributed by atoms with E-state index < -0.39 is 0 Å². The first kappa shape index (κ1) is 9.45. The number of nitrogens with zero attached hydrogens (tertiary/aromatic N) is 2. The minimum absolute atomic E-state index is 0.444. The maximum Gasteiger partial charge on any atom is 0.125 e. The molecule has 2 aromatic heterocycles. The highest BCUT2D eigenvalue weighted by Crippen LogP contribution is 2.31. The van der Waals surface area contributed by atoms with Crippen molar-refractivity contribution in [2.75, 3.05) is 0 Å². The smallest absolute Gasteiger partial charge is 0.125 e. The van der Waals surface area contributed by atoms with Gasteiger partial charge < -0.3 is 0 Å². The van der Waals surface area contributed by atoms with E-state index >= 15 is 0 Å². The number of fused-ring (bicyclic) bond motifs is 1. The molecular formula is C10H7ClN2S.